The summed E-state index contributed by atoms with van der Waals surface area (Å²) in [6.45, 7) is 10.0. The Morgan fingerprint density at radius 2 is 1.74 bits per heavy atom. The van der Waals surface area contributed by atoms with E-state index < -0.39 is 86.6 Å². The van der Waals surface area contributed by atoms with Crippen LogP contribution in [0.3, 0.4) is 0 Å². The topological polar surface area (TPSA) is 300 Å². The first-order valence-corrected chi connectivity index (χ1v) is 20.9. The van der Waals surface area contributed by atoms with Gasteiger partial charge in [0.1, 0.15) is 61.3 Å². The number of nitrogens with zero attached hydrogens (tertiary/aromatic N) is 4. The number of nitrogens with one attached hydrogen (secondary N) is 2. The zero-order chi connectivity index (χ0) is 42.6. The second-order valence-electron chi connectivity index (χ2n) is 15.2. The van der Waals surface area contributed by atoms with Crippen molar-refractivity contribution in [3.8, 4) is 0 Å². The predicted octanol–water partition coefficient (Wildman–Crippen LogP) is -0.277. The summed E-state index contributed by atoms with van der Waals surface area (Å²) in [7, 11) is -3.94. The van der Waals surface area contributed by atoms with Crippen molar-refractivity contribution in [2.45, 2.75) is 127 Å². The summed E-state index contributed by atoms with van der Waals surface area (Å²) in [6.07, 6.45) is -4.30. The standard InChI is InChI=1S/C35H60N7O15P/c1-20(2)58(48,49)54-16-23-29(57-35(4,5)6)30(33(55-23)42-18-40-26-31(36)38-17-39-32(26)42)53-19-51-14-13-50-12-10-37-24(45)9-7-8-11-52-34-25(41-21(3)44)28(47)27(46)22(15-43)56-34/h17-18,20,22-23,25,27-30,33-34,43,46-47H,7-16,19H2,1-6H3,(H,37,45)(H,41,44)(H,48,49)(H2,36,38,39)/t22-,23-,25-,27+,28-,29-,30-,33-,34-/m1/s1. The average Bonchev–Trinajstić information content (AvgIpc) is 3.73. The van der Waals surface area contributed by atoms with Crippen molar-refractivity contribution in [2.24, 2.45) is 0 Å². The molecular formula is C35H60N7O15P. The zero-order valence-corrected chi connectivity index (χ0v) is 34.7. The molecule has 0 radical (unpaired) electrons. The minimum absolute atomic E-state index is 0.144. The minimum atomic E-state index is -3.94. The lowest BCUT2D eigenvalue weighted by molar-refractivity contribution is -0.270. The summed E-state index contributed by atoms with van der Waals surface area (Å²) >= 11 is 0. The van der Waals surface area contributed by atoms with E-state index in [1.807, 2.05) is 20.8 Å². The van der Waals surface area contributed by atoms with Crippen molar-refractivity contribution >= 4 is 36.4 Å². The van der Waals surface area contributed by atoms with Crippen LogP contribution >= 0.6 is 7.60 Å². The van der Waals surface area contributed by atoms with E-state index in [2.05, 4.69) is 25.6 Å². The quantitative estimate of drug-likeness (QED) is 0.0430. The Bertz CT molecular complexity index is 1650. The second kappa shape index (κ2) is 22.0. The molecule has 0 bridgehead atoms. The number of fused-ring (bicyclic) bond motifs is 1. The van der Waals surface area contributed by atoms with Gasteiger partial charge in [-0.1, -0.05) is 13.8 Å². The first-order valence-electron chi connectivity index (χ1n) is 19.2. The maximum Gasteiger partial charge on any atom is 0.330 e. The van der Waals surface area contributed by atoms with Gasteiger partial charge in [0.05, 0.1) is 50.6 Å². The highest BCUT2D eigenvalue weighted by Gasteiger charge is 2.50. The monoisotopic (exact) mass is 849 g/mol. The number of hydrogen-bond acceptors (Lipinski definition) is 18. The number of aliphatic hydroxyl groups excluding tert-OH is 3. The minimum Gasteiger partial charge on any atom is -0.394 e. The van der Waals surface area contributed by atoms with Crippen molar-refractivity contribution < 1.29 is 72.0 Å². The Morgan fingerprint density at radius 1 is 1.00 bits per heavy atom. The van der Waals surface area contributed by atoms with E-state index in [9.17, 15) is 34.4 Å². The van der Waals surface area contributed by atoms with Gasteiger partial charge >= 0.3 is 7.60 Å². The van der Waals surface area contributed by atoms with Crippen LogP contribution in [0.1, 0.15) is 67.0 Å². The number of aliphatic hydroxyl groups is 3. The Balaban J connectivity index is 1.19. The number of unbranched alkanes of at least 4 members (excludes halogenated alkanes) is 1. The molecule has 58 heavy (non-hydrogen) atoms. The van der Waals surface area contributed by atoms with Crippen LogP contribution in [0.5, 0.6) is 0 Å². The molecule has 0 aliphatic carbocycles. The van der Waals surface area contributed by atoms with Gasteiger partial charge in [-0.15, -0.1) is 0 Å². The summed E-state index contributed by atoms with van der Waals surface area (Å²) in [6, 6.07) is -1.03. The van der Waals surface area contributed by atoms with E-state index in [1.165, 1.54) is 19.6 Å². The van der Waals surface area contributed by atoms with Crippen LogP contribution in [-0.2, 0) is 51.8 Å². The molecule has 330 valence electrons. The van der Waals surface area contributed by atoms with Crippen LogP contribution < -0.4 is 16.4 Å². The molecule has 8 N–H and O–H groups in total. The number of anilines is 1. The third-order valence-electron chi connectivity index (χ3n) is 9.13. The molecule has 4 heterocycles. The fraction of sp³-hybridized carbons (Fsp3) is 0.800. The van der Waals surface area contributed by atoms with Gasteiger partial charge in [0, 0.05) is 26.5 Å². The fourth-order valence-corrected chi connectivity index (χ4v) is 6.79. The van der Waals surface area contributed by atoms with Crippen LogP contribution in [0.2, 0.25) is 0 Å². The van der Waals surface area contributed by atoms with Crippen LogP contribution in [-0.4, -0.2) is 165 Å². The lowest BCUT2D eigenvalue weighted by Gasteiger charge is -2.42. The normalized spacial score (nSPS) is 27.5. The number of ether oxygens (including phenoxy) is 7. The summed E-state index contributed by atoms with van der Waals surface area (Å²) in [5.41, 5.74) is 5.47. The molecule has 0 aromatic carbocycles. The van der Waals surface area contributed by atoms with Gasteiger partial charge in [-0.05, 0) is 33.6 Å². The number of carbonyl (C=O) groups excluding carboxylic acids is 2. The lowest BCUT2D eigenvalue weighted by Crippen LogP contribution is -2.64. The first-order chi connectivity index (χ1) is 27.4. The van der Waals surface area contributed by atoms with Gasteiger partial charge < -0.3 is 74.3 Å². The molecule has 2 fully saturated rings. The average molecular weight is 850 g/mol. The molecule has 2 aromatic heterocycles. The van der Waals surface area contributed by atoms with E-state index >= 15 is 0 Å². The van der Waals surface area contributed by atoms with Gasteiger partial charge in [0.25, 0.3) is 0 Å². The molecular weight excluding hydrogens is 789 g/mol. The fourth-order valence-electron chi connectivity index (χ4n) is 6.14. The predicted molar refractivity (Wildman–Crippen MR) is 204 cm³/mol. The highest BCUT2D eigenvalue weighted by atomic mass is 31.2. The van der Waals surface area contributed by atoms with E-state index in [-0.39, 0.29) is 64.5 Å². The summed E-state index contributed by atoms with van der Waals surface area (Å²) in [5.74, 6) is -0.459. The second-order valence-corrected chi connectivity index (χ2v) is 17.6. The van der Waals surface area contributed by atoms with E-state index in [0.29, 0.717) is 24.0 Å². The van der Waals surface area contributed by atoms with Crippen molar-refractivity contribution in [1.82, 2.24) is 30.2 Å². The van der Waals surface area contributed by atoms with Crippen molar-refractivity contribution in [3.05, 3.63) is 12.7 Å². The molecule has 10 atom stereocenters. The Labute approximate surface area is 336 Å². The van der Waals surface area contributed by atoms with Gasteiger partial charge in [0.2, 0.25) is 11.8 Å². The van der Waals surface area contributed by atoms with E-state index in [1.54, 1.807) is 18.4 Å². The van der Waals surface area contributed by atoms with Gasteiger partial charge in [-0.25, -0.2) is 15.0 Å². The number of carbonyl (C=O) groups is 2. The first kappa shape index (κ1) is 47.7. The van der Waals surface area contributed by atoms with Crippen molar-refractivity contribution in [3.63, 3.8) is 0 Å². The molecule has 2 aromatic rings. The van der Waals surface area contributed by atoms with Crippen molar-refractivity contribution in [2.75, 3.05) is 58.7 Å². The largest absolute Gasteiger partial charge is 0.394 e. The third-order valence-corrected chi connectivity index (χ3v) is 11.0. The summed E-state index contributed by atoms with van der Waals surface area (Å²) in [5, 5.41) is 35.2. The van der Waals surface area contributed by atoms with Gasteiger partial charge in [-0.3, -0.25) is 18.7 Å². The maximum atomic E-state index is 12.7. The summed E-state index contributed by atoms with van der Waals surface area (Å²) < 4.78 is 61.3. The number of imidazole rings is 1. The van der Waals surface area contributed by atoms with Crippen LogP contribution in [0.15, 0.2) is 12.7 Å². The number of rotatable bonds is 23. The molecule has 22 nitrogen and oxygen atoms in total. The molecule has 2 saturated heterocycles. The van der Waals surface area contributed by atoms with E-state index in [0.717, 1.165) is 0 Å². The maximum absolute atomic E-state index is 12.7. The number of aromatic nitrogens is 4. The highest BCUT2D eigenvalue weighted by Crippen LogP contribution is 2.48. The SMILES string of the molecule is CC(=O)N[C@H]1[C@H](OCCCCC(=O)NCCOCCOCO[C@@H]2[C@H](OC(C)(C)C)[C@@H](COP(=O)(O)C(C)C)O[C@H]2n2cnc3c(N)ncnc32)O[C@H](CO)[C@H](O)[C@@H]1O. The smallest absolute Gasteiger partial charge is 0.330 e. The van der Waals surface area contributed by atoms with Crippen LogP contribution in [0, 0.1) is 0 Å². The Morgan fingerprint density at radius 3 is 2.43 bits per heavy atom. The molecule has 0 spiro atoms. The zero-order valence-electron chi connectivity index (χ0n) is 33.8. The third kappa shape index (κ3) is 13.5. The van der Waals surface area contributed by atoms with Crippen molar-refractivity contribution in [1.29, 1.82) is 0 Å². The van der Waals surface area contributed by atoms with Crippen LogP contribution in [0.25, 0.3) is 11.2 Å². The number of hydrogen-bond donors (Lipinski definition) is 7. The molecule has 0 saturated carbocycles. The molecule has 2 aliphatic heterocycles. The van der Waals surface area contributed by atoms with Gasteiger partial charge in [0.15, 0.2) is 24.0 Å². The molecule has 23 heteroatoms. The molecule has 4 rings (SSSR count). The number of nitrogens with two attached hydrogens (primary N) is 1. The molecule has 2 aliphatic rings. The number of nitrogen functional groups attached to an aromatic ring is 1. The van der Waals surface area contributed by atoms with Crippen LogP contribution in [0.4, 0.5) is 5.82 Å². The summed E-state index contributed by atoms with van der Waals surface area (Å²) in [4.78, 5) is 46.9. The van der Waals surface area contributed by atoms with E-state index in [4.69, 9.17) is 43.4 Å². The lowest BCUT2D eigenvalue weighted by atomic mass is 9.97. The molecule has 2 amide bonds. The highest BCUT2D eigenvalue weighted by molar-refractivity contribution is 7.53. The molecule has 1 unspecified atom stereocenters. The number of amides is 2. The van der Waals surface area contributed by atoms with Gasteiger partial charge in [-0.2, -0.15) is 0 Å². The Kier molecular flexibility index (Phi) is 18.1. The Hall–Kier alpha value is -2.96.